The van der Waals surface area contributed by atoms with Crippen LogP contribution in [0.15, 0.2) is 77.9 Å². The second kappa shape index (κ2) is 6.70. The maximum Gasteiger partial charge on any atom is 0.415 e. The molecule has 148 valence electrons. The zero-order valence-corrected chi connectivity index (χ0v) is 14.4. The first-order chi connectivity index (χ1) is 12.9. The van der Waals surface area contributed by atoms with Gasteiger partial charge < -0.3 is 11.5 Å². The molecule has 3 rings (SSSR count). The SMILES string of the molecule is Nc1ccc(C2C=CC(N)(c3ccccc3)C(C(F)(F)F)=C2C(F)(F)F)cc1. The van der Waals surface area contributed by atoms with Crippen molar-refractivity contribution in [2.75, 3.05) is 5.73 Å². The van der Waals surface area contributed by atoms with E-state index in [0.717, 1.165) is 12.2 Å². The van der Waals surface area contributed by atoms with Crippen LogP contribution in [0.5, 0.6) is 0 Å². The quantitative estimate of drug-likeness (QED) is 0.415. The summed E-state index contributed by atoms with van der Waals surface area (Å²) in [5, 5.41) is 0. The highest BCUT2D eigenvalue weighted by Crippen LogP contribution is 2.52. The standard InChI is InChI=1S/C20H16F6N2/c21-19(22,23)16-15(12-6-8-14(27)9-7-12)10-11-18(28,17(16)20(24,25)26)13-4-2-1-3-5-13/h1-11,15H,27-28H2. The van der Waals surface area contributed by atoms with Crippen LogP contribution in [0.4, 0.5) is 32.0 Å². The Kier molecular flexibility index (Phi) is 4.79. The maximum atomic E-state index is 14.0. The molecule has 2 unspecified atom stereocenters. The minimum atomic E-state index is -5.30. The van der Waals surface area contributed by atoms with E-state index in [-0.39, 0.29) is 16.8 Å². The average molecular weight is 398 g/mol. The van der Waals surface area contributed by atoms with E-state index in [4.69, 9.17) is 11.5 Å². The summed E-state index contributed by atoms with van der Waals surface area (Å²) in [6.07, 6.45) is -8.49. The topological polar surface area (TPSA) is 52.0 Å². The van der Waals surface area contributed by atoms with Crippen molar-refractivity contribution < 1.29 is 26.3 Å². The first-order valence-corrected chi connectivity index (χ1v) is 8.23. The summed E-state index contributed by atoms with van der Waals surface area (Å²) < 4.78 is 83.7. The molecular formula is C20H16F6N2. The molecule has 2 aromatic rings. The predicted octanol–water partition coefficient (Wildman–Crippen LogP) is 5.20. The Hall–Kier alpha value is -2.74. The van der Waals surface area contributed by atoms with Gasteiger partial charge in [0.1, 0.15) is 0 Å². The van der Waals surface area contributed by atoms with E-state index >= 15 is 0 Å². The van der Waals surface area contributed by atoms with Gasteiger partial charge >= 0.3 is 12.4 Å². The fourth-order valence-electron chi connectivity index (χ4n) is 3.45. The van der Waals surface area contributed by atoms with Crippen LogP contribution in [0.1, 0.15) is 17.0 Å². The van der Waals surface area contributed by atoms with Crippen LogP contribution in [0.2, 0.25) is 0 Å². The maximum absolute atomic E-state index is 14.0. The molecule has 0 heterocycles. The Morgan fingerprint density at radius 3 is 1.86 bits per heavy atom. The second-order valence-corrected chi connectivity index (χ2v) is 6.52. The van der Waals surface area contributed by atoms with Gasteiger partial charge in [0.05, 0.1) is 16.7 Å². The molecule has 0 aliphatic heterocycles. The summed E-state index contributed by atoms with van der Waals surface area (Å²) in [6.45, 7) is 0. The van der Waals surface area contributed by atoms with Gasteiger partial charge in [0.2, 0.25) is 0 Å². The fraction of sp³-hybridized carbons (Fsp3) is 0.200. The van der Waals surface area contributed by atoms with Crippen LogP contribution >= 0.6 is 0 Å². The Labute approximate surface area is 157 Å². The molecule has 0 amide bonds. The number of nitrogen functional groups attached to an aromatic ring is 1. The van der Waals surface area contributed by atoms with Crippen molar-refractivity contribution in [2.45, 2.75) is 23.8 Å². The molecule has 0 bridgehead atoms. The second-order valence-electron chi connectivity index (χ2n) is 6.52. The highest BCUT2D eigenvalue weighted by molar-refractivity contribution is 5.55. The van der Waals surface area contributed by atoms with E-state index in [1.54, 1.807) is 0 Å². The van der Waals surface area contributed by atoms with Crippen LogP contribution in [-0.2, 0) is 5.54 Å². The summed E-state index contributed by atoms with van der Waals surface area (Å²) in [5.74, 6) is -1.65. The van der Waals surface area contributed by atoms with E-state index < -0.39 is 35.0 Å². The molecule has 2 atom stereocenters. The van der Waals surface area contributed by atoms with E-state index in [2.05, 4.69) is 0 Å². The van der Waals surface area contributed by atoms with Crippen molar-refractivity contribution >= 4 is 5.69 Å². The summed E-state index contributed by atoms with van der Waals surface area (Å²) in [5.41, 5.74) is 5.75. The molecule has 2 nitrogen and oxygen atoms in total. The lowest BCUT2D eigenvalue weighted by Gasteiger charge is -2.39. The smallest absolute Gasteiger partial charge is 0.399 e. The highest BCUT2D eigenvalue weighted by atomic mass is 19.4. The molecule has 1 aliphatic carbocycles. The van der Waals surface area contributed by atoms with Crippen molar-refractivity contribution in [1.29, 1.82) is 0 Å². The Balaban J connectivity index is 2.32. The summed E-state index contributed by atoms with van der Waals surface area (Å²) in [6, 6.07) is 12.2. The van der Waals surface area contributed by atoms with Gasteiger partial charge in [0.15, 0.2) is 0 Å². The Bertz CT molecular complexity index is 910. The third-order valence-electron chi connectivity index (χ3n) is 4.68. The lowest BCUT2D eigenvalue weighted by molar-refractivity contribution is -0.123. The van der Waals surface area contributed by atoms with Gasteiger partial charge in [0, 0.05) is 11.6 Å². The van der Waals surface area contributed by atoms with Crippen LogP contribution in [0.3, 0.4) is 0 Å². The van der Waals surface area contributed by atoms with E-state index in [1.807, 2.05) is 0 Å². The predicted molar refractivity (Wildman–Crippen MR) is 94.2 cm³/mol. The molecule has 28 heavy (non-hydrogen) atoms. The highest BCUT2D eigenvalue weighted by Gasteiger charge is 2.56. The average Bonchev–Trinajstić information content (AvgIpc) is 2.61. The summed E-state index contributed by atoms with van der Waals surface area (Å²) in [4.78, 5) is 0. The van der Waals surface area contributed by atoms with Crippen LogP contribution in [0, 0.1) is 0 Å². The first kappa shape index (κ1) is 20.0. The molecule has 4 N–H and O–H groups in total. The normalized spacial score (nSPS) is 23.2. The third-order valence-corrected chi connectivity index (χ3v) is 4.68. The fourth-order valence-corrected chi connectivity index (χ4v) is 3.45. The van der Waals surface area contributed by atoms with Gasteiger partial charge in [-0.25, -0.2) is 0 Å². The molecule has 1 aliphatic rings. The van der Waals surface area contributed by atoms with Gasteiger partial charge in [-0.1, -0.05) is 54.6 Å². The number of rotatable bonds is 2. The van der Waals surface area contributed by atoms with Crippen molar-refractivity contribution in [3.63, 3.8) is 0 Å². The molecule has 0 fully saturated rings. The lowest BCUT2D eigenvalue weighted by atomic mass is 9.71. The molecule has 2 aromatic carbocycles. The van der Waals surface area contributed by atoms with E-state index in [9.17, 15) is 26.3 Å². The van der Waals surface area contributed by atoms with Crippen molar-refractivity contribution in [1.82, 2.24) is 0 Å². The molecule has 0 saturated carbocycles. The number of alkyl halides is 6. The van der Waals surface area contributed by atoms with Crippen LogP contribution in [0.25, 0.3) is 0 Å². The van der Waals surface area contributed by atoms with Gasteiger partial charge in [-0.05, 0) is 23.3 Å². The zero-order chi connectivity index (χ0) is 20.7. The molecular weight excluding hydrogens is 382 g/mol. The van der Waals surface area contributed by atoms with E-state index in [1.165, 1.54) is 54.6 Å². The number of hydrogen-bond acceptors (Lipinski definition) is 2. The van der Waals surface area contributed by atoms with Crippen molar-refractivity contribution in [2.24, 2.45) is 5.73 Å². The molecule has 8 heteroatoms. The van der Waals surface area contributed by atoms with Crippen molar-refractivity contribution in [3.05, 3.63) is 89.0 Å². The molecule has 0 aromatic heterocycles. The van der Waals surface area contributed by atoms with Crippen LogP contribution < -0.4 is 11.5 Å². The molecule has 0 spiro atoms. The molecule has 0 saturated heterocycles. The lowest BCUT2D eigenvalue weighted by Crippen LogP contribution is -2.47. The number of anilines is 1. The van der Waals surface area contributed by atoms with Gasteiger partial charge in [0.25, 0.3) is 0 Å². The summed E-state index contributed by atoms with van der Waals surface area (Å²) in [7, 11) is 0. The minimum Gasteiger partial charge on any atom is -0.399 e. The largest absolute Gasteiger partial charge is 0.415 e. The van der Waals surface area contributed by atoms with Gasteiger partial charge in [-0.15, -0.1) is 0 Å². The Morgan fingerprint density at radius 2 is 1.36 bits per heavy atom. The van der Waals surface area contributed by atoms with Crippen LogP contribution in [-0.4, -0.2) is 12.4 Å². The Morgan fingerprint density at radius 1 is 0.786 bits per heavy atom. The number of allylic oxidation sites excluding steroid dienone is 2. The number of benzene rings is 2. The van der Waals surface area contributed by atoms with Crippen molar-refractivity contribution in [3.8, 4) is 0 Å². The van der Waals surface area contributed by atoms with Gasteiger partial charge in [-0.3, -0.25) is 0 Å². The number of nitrogens with two attached hydrogens (primary N) is 2. The third kappa shape index (κ3) is 3.52. The van der Waals surface area contributed by atoms with Gasteiger partial charge in [-0.2, -0.15) is 26.3 Å². The summed E-state index contributed by atoms with van der Waals surface area (Å²) >= 11 is 0. The zero-order valence-electron chi connectivity index (χ0n) is 14.4. The van der Waals surface area contributed by atoms with E-state index in [0.29, 0.717) is 0 Å². The monoisotopic (exact) mass is 398 g/mol. The first-order valence-electron chi connectivity index (χ1n) is 8.23. The number of halogens is 6. The molecule has 0 radical (unpaired) electrons. The minimum absolute atomic E-state index is 0.0367. The number of hydrogen-bond donors (Lipinski definition) is 2.